The van der Waals surface area contributed by atoms with Crippen molar-refractivity contribution in [2.24, 2.45) is 0 Å². The molecule has 0 unspecified atom stereocenters. The monoisotopic (exact) mass is 1820 g/mol. The van der Waals surface area contributed by atoms with Gasteiger partial charge in [0, 0.05) is 19.3 Å². The fourth-order valence-corrected chi connectivity index (χ4v) is 16.9. The van der Waals surface area contributed by atoms with Gasteiger partial charge >= 0.3 is 0 Å². The second-order valence-electron chi connectivity index (χ2n) is 33.2. The van der Waals surface area contributed by atoms with Gasteiger partial charge in [0.1, 0.15) is 220 Å². The van der Waals surface area contributed by atoms with Gasteiger partial charge < -0.3 is 257 Å². The quantitative estimate of drug-likeness (QED) is 0.0346. The summed E-state index contributed by atoms with van der Waals surface area (Å²) >= 11 is 0. The fourth-order valence-electron chi connectivity index (χ4n) is 16.9. The van der Waals surface area contributed by atoms with E-state index in [1.807, 2.05) is 0 Å². The average molecular weight is 1820 g/mol. The van der Waals surface area contributed by atoms with Crippen molar-refractivity contribution in [3.8, 4) is 0 Å². The van der Waals surface area contributed by atoms with Crippen LogP contribution in [0.3, 0.4) is 0 Å². The molecular formula is C72H122O52. The standard InChI is InChI=1S/C72H122O52/c1-16-22(79)7-25(82)62(103-16)119-55-37(88)31(13-76)111-70(58(55)122-67-45(96)40(91)34(85)28(10-73)108-67)115-51-20(5)106-65(46(97)42(51)93)118-54-36(87)30(12-75)110-69(49(54)100)124-60-57(121-64-27(84)9-24(81)18(3)105-64)39(90)33(15-78)113-72(60)116-52-21(6)107-66(47(98)43(52)94)117-53-35(86)29(11-74)109-68(48(53)99)123-59-56(120-63-26(83)8-23(80)17(2)104-63)38(89)32(14-77)112-71(59)114-50-19(4)102-61(101)44(95)41(50)92/h16-101H,7-15H2,1-6H3/t16-,17-,18-,19+,20+,21+,22+,23+,24+,25-,26-,27-,28-,29-,30-,31-,32-,33-,34+,35+,36+,37-,38-,39-,40+,41+,42+,43+,44-,45-,46-,47-,48-,49-,50+,51+,52+,53+,54+,55+,56+,57+,58+,59+,60+,61-,62-,63-,64-,65+,66+,67-,68-,69-,70-,71-,72-/m1/s1. The van der Waals surface area contributed by atoms with E-state index in [1.165, 1.54) is 41.5 Å². The summed E-state index contributed by atoms with van der Waals surface area (Å²) in [5, 5.41) is 325. The molecule has 0 aromatic heterocycles. The van der Waals surface area contributed by atoms with Crippen LogP contribution in [0.2, 0.25) is 0 Å². The lowest BCUT2D eigenvalue weighted by atomic mass is 9.95. The highest BCUT2D eigenvalue weighted by Gasteiger charge is 2.63. The Morgan fingerprint density at radius 1 is 0.169 bits per heavy atom. The Bertz CT molecular complexity index is 3230. The molecule has 12 heterocycles. The third-order valence-corrected chi connectivity index (χ3v) is 24.5. The molecule has 57 atom stereocenters. The Kier molecular flexibility index (Phi) is 35.1. The van der Waals surface area contributed by atoms with E-state index >= 15 is 0 Å². The number of hydrogen-bond donors (Lipinski definition) is 29. The molecule has 52 nitrogen and oxygen atoms in total. The van der Waals surface area contributed by atoms with Crippen LogP contribution in [0, 0.1) is 0 Å². The topological polar surface area (TPSA) is 799 Å². The van der Waals surface area contributed by atoms with Gasteiger partial charge in [-0.15, -0.1) is 0 Å². The Morgan fingerprint density at radius 3 is 0.677 bits per heavy atom. The zero-order chi connectivity index (χ0) is 90.5. The van der Waals surface area contributed by atoms with Crippen LogP contribution < -0.4 is 0 Å². The Balaban J connectivity index is 0.780. The highest BCUT2D eigenvalue weighted by Crippen LogP contribution is 2.43. The van der Waals surface area contributed by atoms with Crippen LogP contribution in [0.4, 0.5) is 0 Å². The van der Waals surface area contributed by atoms with E-state index in [4.69, 9.17) is 109 Å². The molecular weight excluding hydrogens is 1700 g/mol. The van der Waals surface area contributed by atoms with Crippen molar-refractivity contribution in [1.82, 2.24) is 0 Å². The minimum Gasteiger partial charge on any atom is -0.394 e. The lowest BCUT2D eigenvalue weighted by Crippen LogP contribution is -2.69. The molecule has 0 radical (unpaired) electrons. The Morgan fingerprint density at radius 2 is 0.379 bits per heavy atom. The van der Waals surface area contributed by atoms with Crippen LogP contribution in [0.15, 0.2) is 0 Å². The van der Waals surface area contributed by atoms with Crippen molar-refractivity contribution in [1.29, 1.82) is 0 Å². The van der Waals surface area contributed by atoms with Gasteiger partial charge in [0.25, 0.3) is 0 Å². The van der Waals surface area contributed by atoms with Crippen molar-refractivity contribution in [2.45, 2.75) is 411 Å². The first-order valence-electron chi connectivity index (χ1n) is 41.0. The molecule has 0 saturated carbocycles. The molecule has 12 aliphatic rings. The summed E-state index contributed by atoms with van der Waals surface area (Å²) in [5.41, 5.74) is 0. The van der Waals surface area contributed by atoms with Crippen molar-refractivity contribution in [2.75, 3.05) is 39.6 Å². The smallest absolute Gasteiger partial charge is 0.187 e. The molecule has 0 aliphatic carbocycles. The summed E-state index contributed by atoms with van der Waals surface area (Å²) in [7, 11) is 0. The van der Waals surface area contributed by atoms with Crippen molar-refractivity contribution >= 4 is 0 Å². The highest BCUT2D eigenvalue weighted by atomic mass is 16.8. The normalized spacial score (nSPS) is 55.0. The summed E-state index contributed by atoms with van der Waals surface area (Å²) in [6, 6.07) is 0. The molecule has 0 bridgehead atoms. The average Bonchev–Trinajstić information content (AvgIpc) is 0.767. The van der Waals surface area contributed by atoms with Crippen molar-refractivity contribution in [3.63, 3.8) is 0 Å². The summed E-state index contributed by atoms with van der Waals surface area (Å²) in [6.45, 7) is 1.64. The van der Waals surface area contributed by atoms with Gasteiger partial charge in [-0.3, -0.25) is 0 Å². The first kappa shape index (κ1) is 101. The molecule has 722 valence electrons. The van der Waals surface area contributed by atoms with E-state index in [0.717, 1.165) is 0 Å². The Hall–Kier alpha value is -2.08. The van der Waals surface area contributed by atoms with Gasteiger partial charge in [-0.25, -0.2) is 0 Å². The summed E-state index contributed by atoms with van der Waals surface area (Å²) in [6.07, 6.45) is -109. The number of hydrogen-bond acceptors (Lipinski definition) is 52. The van der Waals surface area contributed by atoms with Crippen LogP contribution in [0.1, 0.15) is 60.8 Å². The third-order valence-electron chi connectivity index (χ3n) is 24.5. The second kappa shape index (κ2) is 43.1. The molecule has 29 N–H and O–H groups in total. The number of rotatable bonds is 28. The third kappa shape index (κ3) is 21.3. The lowest BCUT2D eigenvalue weighted by Gasteiger charge is -2.51. The first-order valence-corrected chi connectivity index (χ1v) is 41.0. The van der Waals surface area contributed by atoms with Crippen molar-refractivity contribution in [3.05, 3.63) is 0 Å². The van der Waals surface area contributed by atoms with E-state index in [1.54, 1.807) is 0 Å². The van der Waals surface area contributed by atoms with Crippen LogP contribution in [0.25, 0.3) is 0 Å². The van der Waals surface area contributed by atoms with Crippen LogP contribution >= 0.6 is 0 Å². The zero-order valence-corrected chi connectivity index (χ0v) is 67.6. The maximum atomic E-state index is 12.4. The summed E-state index contributed by atoms with van der Waals surface area (Å²) < 4.78 is 138. The molecule has 0 spiro atoms. The van der Waals surface area contributed by atoms with Gasteiger partial charge in [-0.2, -0.15) is 0 Å². The van der Waals surface area contributed by atoms with E-state index in [2.05, 4.69) is 0 Å². The van der Waals surface area contributed by atoms with Gasteiger partial charge in [-0.1, -0.05) is 0 Å². The predicted molar refractivity (Wildman–Crippen MR) is 382 cm³/mol. The molecule has 12 aliphatic heterocycles. The van der Waals surface area contributed by atoms with Crippen LogP contribution in [0.5, 0.6) is 0 Å². The summed E-state index contributed by atoms with van der Waals surface area (Å²) in [4.78, 5) is 0. The Labute approximate surface area is 705 Å². The van der Waals surface area contributed by atoms with E-state index in [0.29, 0.717) is 0 Å². The fraction of sp³-hybridized carbons (Fsp3) is 1.00. The number of aliphatic hydroxyl groups is 29. The minimum atomic E-state index is -2.42. The van der Waals surface area contributed by atoms with E-state index in [-0.39, 0.29) is 12.8 Å². The van der Waals surface area contributed by atoms with Gasteiger partial charge in [0.05, 0.1) is 94.6 Å². The second-order valence-corrected chi connectivity index (χ2v) is 33.2. The summed E-state index contributed by atoms with van der Waals surface area (Å²) in [5.74, 6) is 0. The van der Waals surface area contributed by atoms with E-state index in [9.17, 15) is 148 Å². The molecule has 12 saturated heterocycles. The minimum absolute atomic E-state index is 0.328. The highest BCUT2D eigenvalue weighted by molar-refractivity contribution is 5.04. The molecule has 12 rings (SSSR count). The first-order chi connectivity index (χ1) is 58.7. The van der Waals surface area contributed by atoms with Crippen molar-refractivity contribution < 1.29 is 257 Å². The lowest BCUT2D eigenvalue weighted by molar-refractivity contribution is -0.416. The van der Waals surface area contributed by atoms with Gasteiger partial charge in [-0.05, 0) is 41.5 Å². The zero-order valence-electron chi connectivity index (χ0n) is 67.6. The van der Waals surface area contributed by atoms with Gasteiger partial charge in [0.15, 0.2) is 75.5 Å². The van der Waals surface area contributed by atoms with Crippen LogP contribution in [-0.4, -0.2) is 538 Å². The molecule has 12 fully saturated rings. The molecule has 0 amide bonds. The maximum Gasteiger partial charge on any atom is 0.187 e. The maximum absolute atomic E-state index is 12.4. The molecule has 0 aromatic carbocycles. The van der Waals surface area contributed by atoms with Crippen LogP contribution in [-0.2, 0) is 109 Å². The predicted octanol–water partition coefficient (Wildman–Crippen LogP) is -17.9. The SMILES string of the molecule is C[C@@H]1O[C@@H](O)[C@H](O)[C@H](O)[C@H]1O[C@H]1O[C@H](CO)[C@@H](O)[C@H](O[C@H]2O[C@H](C)[C@@H](O)C[C@H]2O)[C@@H]1O[C@H]1O[C@H](CO)[C@H](O)[C@H](O[C@@H]2O[C@@H](C)[C@H](O[C@H]3O[C@H](CO)[C@@H](O)[C@H](O[C@H]4O[C@H](C)[C@@H](O)C[C@H]4O)[C@@H]3O[C@H]3O[C@H](CO)[C@H](O)[C@H](O[C@@H]4O[C@@H](C)[C@H](O[C@H]5O[C@H](CO)[C@@H](O)[C@H](O[C@H]6O[C@H](C)[C@@H](O)C[C@H]6O)[C@@H]5O[C@H]5O[C@H](CO)[C@H](O)[C@H](O)[C@H]5O)[C@@H](O)[C@H]4O)[C@H]3O)[C@@H](O)[C@H]2O)[C@H]1O. The molecule has 52 heteroatoms. The van der Waals surface area contributed by atoms with E-state index < -0.39 is 396 Å². The molecule has 0 aromatic rings. The number of ether oxygens (including phenoxy) is 23. The number of aliphatic hydroxyl groups excluding tert-OH is 29. The van der Waals surface area contributed by atoms with Gasteiger partial charge in [0.2, 0.25) is 0 Å². The molecule has 124 heavy (non-hydrogen) atoms. The largest absolute Gasteiger partial charge is 0.394 e.